The van der Waals surface area contributed by atoms with Crippen molar-refractivity contribution in [3.05, 3.63) is 65.2 Å². The predicted octanol–water partition coefficient (Wildman–Crippen LogP) is 3.00. The first-order valence-corrected chi connectivity index (χ1v) is 7.15. The molecule has 1 unspecified atom stereocenters. The summed E-state index contributed by atoms with van der Waals surface area (Å²) in [6, 6.07) is 14.1. The summed E-state index contributed by atoms with van der Waals surface area (Å²) in [5.41, 5.74) is 2.38. The number of carboxylic acids is 1. The highest BCUT2D eigenvalue weighted by Gasteiger charge is 2.07. The molecule has 98 valence electrons. The lowest BCUT2D eigenvalue weighted by Crippen LogP contribution is -1.99. The van der Waals surface area contributed by atoms with Crippen molar-refractivity contribution in [2.75, 3.05) is 0 Å². The Labute approximate surface area is 114 Å². The van der Waals surface area contributed by atoms with Crippen LogP contribution in [-0.4, -0.2) is 15.3 Å². The normalized spacial score (nSPS) is 12.1. The number of carbonyl (C=O) groups is 1. The third-order valence-electron chi connectivity index (χ3n) is 2.78. The Morgan fingerprint density at radius 2 is 1.63 bits per heavy atom. The van der Waals surface area contributed by atoms with E-state index >= 15 is 0 Å². The van der Waals surface area contributed by atoms with E-state index in [0.29, 0.717) is 10.6 Å². The number of rotatable bonds is 4. The number of benzene rings is 2. The van der Waals surface area contributed by atoms with Crippen LogP contribution >= 0.6 is 0 Å². The zero-order chi connectivity index (χ0) is 13.8. The zero-order valence-corrected chi connectivity index (χ0v) is 11.3. The van der Waals surface area contributed by atoms with Crippen molar-refractivity contribution in [3.63, 3.8) is 0 Å². The summed E-state index contributed by atoms with van der Waals surface area (Å²) in [7, 11) is -1.16. The highest BCUT2D eigenvalue weighted by molar-refractivity contribution is 7.84. The highest BCUT2D eigenvalue weighted by Crippen LogP contribution is 2.14. The molecule has 0 radical (unpaired) electrons. The van der Waals surface area contributed by atoms with Crippen molar-refractivity contribution in [2.24, 2.45) is 0 Å². The maximum Gasteiger partial charge on any atom is 0.335 e. The molecular weight excluding hydrogens is 260 g/mol. The Morgan fingerprint density at radius 1 is 1.05 bits per heavy atom. The lowest BCUT2D eigenvalue weighted by Gasteiger charge is -2.04. The van der Waals surface area contributed by atoms with E-state index in [1.165, 1.54) is 17.7 Å². The summed E-state index contributed by atoms with van der Waals surface area (Å²) >= 11 is 0. The topological polar surface area (TPSA) is 54.4 Å². The summed E-state index contributed by atoms with van der Waals surface area (Å²) in [6.07, 6.45) is 0. The molecule has 0 saturated heterocycles. The summed E-state index contributed by atoms with van der Waals surface area (Å²) < 4.78 is 12.1. The maximum atomic E-state index is 12.1. The van der Waals surface area contributed by atoms with Gasteiger partial charge in [0.05, 0.1) is 22.1 Å². The fraction of sp³-hybridized carbons (Fsp3) is 0.133. The summed E-state index contributed by atoms with van der Waals surface area (Å²) in [4.78, 5) is 11.4. The van der Waals surface area contributed by atoms with Gasteiger partial charge < -0.3 is 5.11 Å². The van der Waals surface area contributed by atoms with Gasteiger partial charge >= 0.3 is 5.97 Å². The van der Waals surface area contributed by atoms with Crippen LogP contribution in [0.5, 0.6) is 0 Å². The Hall–Kier alpha value is -1.94. The fourth-order valence-corrected chi connectivity index (χ4v) is 2.77. The fourth-order valence-electron chi connectivity index (χ4n) is 1.67. The van der Waals surface area contributed by atoms with Crippen molar-refractivity contribution in [2.45, 2.75) is 17.6 Å². The van der Waals surface area contributed by atoms with Gasteiger partial charge in [-0.2, -0.15) is 0 Å². The Kier molecular flexibility index (Phi) is 4.12. The molecule has 2 aromatic carbocycles. The Balaban J connectivity index is 2.11. The summed E-state index contributed by atoms with van der Waals surface area (Å²) in [5, 5.41) is 8.80. The Morgan fingerprint density at radius 3 is 2.16 bits per heavy atom. The maximum absolute atomic E-state index is 12.1. The molecule has 0 aliphatic carbocycles. The summed E-state index contributed by atoms with van der Waals surface area (Å²) in [5.74, 6) is -0.539. The van der Waals surface area contributed by atoms with Crippen LogP contribution in [0.4, 0.5) is 0 Å². The van der Waals surface area contributed by atoms with Crippen LogP contribution < -0.4 is 0 Å². The number of hydrogen-bond acceptors (Lipinski definition) is 2. The minimum atomic E-state index is -1.16. The summed E-state index contributed by atoms with van der Waals surface area (Å²) in [6.45, 7) is 2.01. The third kappa shape index (κ3) is 3.51. The van der Waals surface area contributed by atoms with Gasteiger partial charge in [-0.3, -0.25) is 4.21 Å². The SMILES string of the molecule is Cc1ccc(CS(=O)c2ccc(C(=O)O)cc2)cc1. The average molecular weight is 274 g/mol. The van der Waals surface area contributed by atoms with Crippen molar-refractivity contribution in [1.82, 2.24) is 0 Å². The van der Waals surface area contributed by atoms with Crippen LogP contribution in [0.3, 0.4) is 0 Å². The number of carboxylic acid groups (broad SMARTS) is 1. The molecule has 1 N–H and O–H groups in total. The van der Waals surface area contributed by atoms with E-state index in [0.717, 1.165) is 5.56 Å². The second-order valence-electron chi connectivity index (χ2n) is 4.30. The van der Waals surface area contributed by atoms with Crippen LogP contribution in [0.1, 0.15) is 21.5 Å². The molecule has 0 aromatic heterocycles. The average Bonchev–Trinajstić information content (AvgIpc) is 2.41. The standard InChI is InChI=1S/C15H14O3S/c1-11-2-4-12(5-3-11)10-19(18)14-8-6-13(7-9-14)15(16)17/h2-9H,10H2,1H3,(H,16,17). The molecule has 19 heavy (non-hydrogen) atoms. The van der Waals surface area contributed by atoms with E-state index in [2.05, 4.69) is 0 Å². The molecule has 0 aliphatic heterocycles. The van der Waals surface area contributed by atoms with E-state index in [4.69, 9.17) is 5.11 Å². The largest absolute Gasteiger partial charge is 0.478 e. The van der Waals surface area contributed by atoms with Crippen LogP contribution in [-0.2, 0) is 16.6 Å². The van der Waals surface area contributed by atoms with Crippen molar-refractivity contribution < 1.29 is 14.1 Å². The molecule has 0 fully saturated rings. The van der Waals surface area contributed by atoms with Crippen LogP contribution in [0.25, 0.3) is 0 Å². The van der Waals surface area contributed by atoms with E-state index in [1.54, 1.807) is 12.1 Å². The second-order valence-corrected chi connectivity index (χ2v) is 5.76. The van der Waals surface area contributed by atoms with Crippen molar-refractivity contribution >= 4 is 16.8 Å². The lowest BCUT2D eigenvalue weighted by atomic mass is 10.2. The predicted molar refractivity (Wildman–Crippen MR) is 74.7 cm³/mol. The highest BCUT2D eigenvalue weighted by atomic mass is 32.2. The lowest BCUT2D eigenvalue weighted by molar-refractivity contribution is 0.0697. The third-order valence-corrected chi connectivity index (χ3v) is 4.18. The molecule has 2 rings (SSSR count). The van der Waals surface area contributed by atoms with E-state index in [9.17, 15) is 9.00 Å². The smallest absolute Gasteiger partial charge is 0.335 e. The number of aryl methyl sites for hydroxylation is 1. The zero-order valence-electron chi connectivity index (χ0n) is 10.5. The first kappa shape index (κ1) is 13.5. The minimum absolute atomic E-state index is 0.205. The molecule has 0 saturated carbocycles. The Bertz CT molecular complexity index is 600. The van der Waals surface area contributed by atoms with Gasteiger partial charge in [0, 0.05) is 4.90 Å². The molecule has 0 spiro atoms. The van der Waals surface area contributed by atoms with E-state index < -0.39 is 16.8 Å². The van der Waals surface area contributed by atoms with Gasteiger partial charge in [-0.1, -0.05) is 29.8 Å². The molecule has 3 nitrogen and oxygen atoms in total. The van der Waals surface area contributed by atoms with Crippen molar-refractivity contribution in [1.29, 1.82) is 0 Å². The van der Waals surface area contributed by atoms with Gasteiger partial charge in [-0.05, 0) is 36.8 Å². The first-order chi connectivity index (χ1) is 9.06. The van der Waals surface area contributed by atoms with Gasteiger partial charge in [0.25, 0.3) is 0 Å². The van der Waals surface area contributed by atoms with Crippen LogP contribution in [0.2, 0.25) is 0 Å². The minimum Gasteiger partial charge on any atom is -0.478 e. The van der Waals surface area contributed by atoms with Gasteiger partial charge in [0.15, 0.2) is 0 Å². The van der Waals surface area contributed by atoms with E-state index in [1.807, 2.05) is 31.2 Å². The van der Waals surface area contributed by atoms with E-state index in [-0.39, 0.29) is 5.56 Å². The number of hydrogen-bond donors (Lipinski definition) is 1. The molecule has 0 aliphatic rings. The quantitative estimate of drug-likeness (QED) is 0.932. The molecule has 2 aromatic rings. The monoisotopic (exact) mass is 274 g/mol. The van der Waals surface area contributed by atoms with Crippen LogP contribution in [0.15, 0.2) is 53.4 Å². The molecular formula is C15H14O3S. The molecule has 1 atom stereocenters. The van der Waals surface area contributed by atoms with Gasteiger partial charge in [-0.25, -0.2) is 4.79 Å². The first-order valence-electron chi connectivity index (χ1n) is 5.83. The van der Waals surface area contributed by atoms with Crippen LogP contribution in [0, 0.1) is 6.92 Å². The van der Waals surface area contributed by atoms with Gasteiger partial charge in [-0.15, -0.1) is 0 Å². The van der Waals surface area contributed by atoms with Gasteiger partial charge in [0.2, 0.25) is 0 Å². The molecule has 0 heterocycles. The molecule has 0 amide bonds. The molecule has 4 heteroatoms. The van der Waals surface area contributed by atoms with Crippen molar-refractivity contribution in [3.8, 4) is 0 Å². The second kappa shape index (κ2) is 5.80. The number of aromatic carboxylic acids is 1. The van der Waals surface area contributed by atoms with Gasteiger partial charge in [0.1, 0.15) is 0 Å². The molecule has 0 bridgehead atoms.